The van der Waals surface area contributed by atoms with Gasteiger partial charge in [0.15, 0.2) is 0 Å². The van der Waals surface area contributed by atoms with E-state index in [4.69, 9.17) is 4.74 Å². The van der Waals surface area contributed by atoms with Gasteiger partial charge in [-0.15, -0.1) is 0 Å². The number of ether oxygens (including phenoxy) is 1. The van der Waals surface area contributed by atoms with Crippen LogP contribution in [0.25, 0.3) is 11.0 Å². The van der Waals surface area contributed by atoms with E-state index < -0.39 is 0 Å². The number of para-hydroxylation sites is 2. The maximum atomic E-state index is 12.0. The highest BCUT2D eigenvalue weighted by molar-refractivity contribution is 5.75. The number of urea groups is 1. The molecule has 2 aromatic rings. The second-order valence-electron chi connectivity index (χ2n) is 6.41. The molecule has 8 heteroatoms. The molecule has 2 N–H and O–H groups in total. The zero-order valence-corrected chi connectivity index (χ0v) is 15.0. The topological polar surface area (TPSA) is 88.5 Å². The molecule has 1 aliphatic rings. The number of amides is 3. The molecule has 140 valence electrons. The molecule has 0 bridgehead atoms. The highest BCUT2D eigenvalue weighted by Gasteiger charge is 2.23. The number of nitrogens with zero attached hydrogens (tertiary/aromatic N) is 3. The summed E-state index contributed by atoms with van der Waals surface area (Å²) >= 11 is 0. The van der Waals surface area contributed by atoms with Crippen LogP contribution in [0.3, 0.4) is 0 Å². The van der Waals surface area contributed by atoms with Gasteiger partial charge in [-0.2, -0.15) is 0 Å². The lowest BCUT2D eigenvalue weighted by molar-refractivity contribution is 0.110. The average molecular weight is 359 g/mol. The summed E-state index contributed by atoms with van der Waals surface area (Å²) in [4.78, 5) is 29.5. The third kappa shape index (κ3) is 4.44. The van der Waals surface area contributed by atoms with E-state index in [1.165, 1.54) is 7.11 Å². The summed E-state index contributed by atoms with van der Waals surface area (Å²) in [6.45, 7) is 2.61. The van der Waals surface area contributed by atoms with Crippen molar-refractivity contribution in [1.29, 1.82) is 0 Å². The van der Waals surface area contributed by atoms with Gasteiger partial charge >= 0.3 is 12.1 Å². The predicted molar refractivity (Wildman–Crippen MR) is 97.9 cm³/mol. The summed E-state index contributed by atoms with van der Waals surface area (Å²) in [7, 11) is 1.38. The Hall–Kier alpha value is -2.77. The first-order valence-corrected chi connectivity index (χ1v) is 8.94. The SMILES string of the molecule is COC(=O)N1CCC(NC(=O)NCCCn2cnc3ccccc32)CC1. The lowest BCUT2D eigenvalue weighted by atomic mass is 10.1. The van der Waals surface area contributed by atoms with Crippen LogP contribution in [0, 0.1) is 0 Å². The third-order valence-electron chi connectivity index (χ3n) is 4.65. The van der Waals surface area contributed by atoms with Crippen LogP contribution in [0.2, 0.25) is 0 Å². The van der Waals surface area contributed by atoms with Gasteiger partial charge in [-0.3, -0.25) is 0 Å². The monoisotopic (exact) mass is 359 g/mol. The standard InChI is InChI=1S/C18H25N5O3/c1-26-18(25)22-11-7-14(8-12-22)21-17(24)19-9-4-10-23-13-20-15-5-2-3-6-16(15)23/h2-3,5-6,13-14H,4,7-12H2,1H3,(H2,19,21,24). The molecule has 0 radical (unpaired) electrons. The molecule has 3 amide bonds. The predicted octanol–water partition coefficient (Wildman–Crippen LogP) is 1.96. The van der Waals surface area contributed by atoms with Crippen LogP contribution in [0.4, 0.5) is 9.59 Å². The van der Waals surface area contributed by atoms with E-state index in [0.717, 1.165) is 36.8 Å². The van der Waals surface area contributed by atoms with Crippen molar-refractivity contribution in [1.82, 2.24) is 25.1 Å². The number of methoxy groups -OCH3 is 1. The number of hydrogen-bond donors (Lipinski definition) is 2. The van der Waals surface area contributed by atoms with Crippen LogP contribution in [0.1, 0.15) is 19.3 Å². The molecule has 0 aliphatic carbocycles. The molecule has 0 atom stereocenters. The number of piperidine rings is 1. The summed E-state index contributed by atoms with van der Waals surface area (Å²) in [6.07, 6.45) is 3.83. The number of fused-ring (bicyclic) bond motifs is 1. The minimum atomic E-state index is -0.306. The fourth-order valence-electron chi connectivity index (χ4n) is 3.21. The zero-order valence-electron chi connectivity index (χ0n) is 15.0. The van der Waals surface area contributed by atoms with Crippen molar-refractivity contribution in [2.45, 2.75) is 31.8 Å². The average Bonchev–Trinajstić information content (AvgIpc) is 3.08. The lowest BCUT2D eigenvalue weighted by Gasteiger charge is -2.31. The number of hydrogen-bond acceptors (Lipinski definition) is 4. The summed E-state index contributed by atoms with van der Waals surface area (Å²) in [6, 6.07) is 7.94. The van der Waals surface area contributed by atoms with Crippen molar-refractivity contribution in [3.8, 4) is 0 Å². The molecule has 1 aliphatic heterocycles. The zero-order chi connectivity index (χ0) is 18.4. The Labute approximate surface area is 152 Å². The number of imidazole rings is 1. The maximum absolute atomic E-state index is 12.0. The number of carbonyl (C=O) groups excluding carboxylic acids is 2. The summed E-state index contributed by atoms with van der Waals surface area (Å²) in [5.41, 5.74) is 2.09. The maximum Gasteiger partial charge on any atom is 0.409 e. The highest BCUT2D eigenvalue weighted by Crippen LogP contribution is 2.12. The molecular weight excluding hydrogens is 334 g/mol. The Morgan fingerprint density at radius 2 is 2.04 bits per heavy atom. The van der Waals surface area contributed by atoms with E-state index in [0.29, 0.717) is 19.6 Å². The molecule has 1 saturated heterocycles. The van der Waals surface area contributed by atoms with Gasteiger partial charge < -0.3 is 24.8 Å². The first-order chi connectivity index (χ1) is 12.7. The number of aromatic nitrogens is 2. The Balaban J connectivity index is 1.34. The molecule has 0 spiro atoms. The van der Waals surface area contributed by atoms with E-state index in [1.54, 1.807) is 4.90 Å². The van der Waals surface area contributed by atoms with Gasteiger partial charge in [0.1, 0.15) is 0 Å². The molecule has 0 saturated carbocycles. The molecule has 1 fully saturated rings. The van der Waals surface area contributed by atoms with Gasteiger partial charge in [0.25, 0.3) is 0 Å². The Kier molecular flexibility index (Phi) is 5.93. The van der Waals surface area contributed by atoms with E-state index >= 15 is 0 Å². The second-order valence-corrected chi connectivity index (χ2v) is 6.41. The van der Waals surface area contributed by atoms with Gasteiger partial charge in [0.05, 0.1) is 24.5 Å². The number of benzene rings is 1. The van der Waals surface area contributed by atoms with E-state index in [9.17, 15) is 9.59 Å². The molecule has 2 heterocycles. The van der Waals surface area contributed by atoms with Crippen molar-refractivity contribution in [2.24, 2.45) is 0 Å². The van der Waals surface area contributed by atoms with Gasteiger partial charge in [-0.1, -0.05) is 12.1 Å². The summed E-state index contributed by atoms with van der Waals surface area (Å²) < 4.78 is 6.80. The van der Waals surface area contributed by atoms with Crippen LogP contribution in [-0.2, 0) is 11.3 Å². The van der Waals surface area contributed by atoms with Gasteiger partial charge in [0.2, 0.25) is 0 Å². The minimum absolute atomic E-state index is 0.0912. The first-order valence-electron chi connectivity index (χ1n) is 8.94. The number of rotatable bonds is 5. The Morgan fingerprint density at radius 3 is 2.81 bits per heavy atom. The van der Waals surface area contributed by atoms with Crippen molar-refractivity contribution in [3.05, 3.63) is 30.6 Å². The molecular formula is C18H25N5O3. The van der Waals surface area contributed by atoms with Crippen LogP contribution < -0.4 is 10.6 Å². The van der Waals surface area contributed by atoms with Crippen molar-refractivity contribution >= 4 is 23.2 Å². The summed E-state index contributed by atoms with van der Waals surface area (Å²) in [5, 5.41) is 5.87. The fourth-order valence-corrected chi connectivity index (χ4v) is 3.21. The third-order valence-corrected chi connectivity index (χ3v) is 4.65. The smallest absolute Gasteiger partial charge is 0.409 e. The van der Waals surface area contributed by atoms with Gasteiger partial charge in [-0.25, -0.2) is 14.6 Å². The normalized spacial score (nSPS) is 15.0. The molecule has 0 unspecified atom stereocenters. The van der Waals surface area contributed by atoms with Crippen LogP contribution in [0.5, 0.6) is 0 Å². The molecule has 3 rings (SSSR count). The second kappa shape index (κ2) is 8.55. The van der Waals surface area contributed by atoms with Gasteiger partial charge in [0, 0.05) is 32.2 Å². The van der Waals surface area contributed by atoms with Crippen molar-refractivity contribution in [2.75, 3.05) is 26.7 Å². The van der Waals surface area contributed by atoms with Crippen LogP contribution >= 0.6 is 0 Å². The molecule has 1 aromatic carbocycles. The Morgan fingerprint density at radius 1 is 1.27 bits per heavy atom. The van der Waals surface area contributed by atoms with Crippen molar-refractivity contribution in [3.63, 3.8) is 0 Å². The van der Waals surface area contributed by atoms with Gasteiger partial charge in [-0.05, 0) is 31.4 Å². The molecule has 26 heavy (non-hydrogen) atoms. The highest BCUT2D eigenvalue weighted by atomic mass is 16.5. The van der Waals surface area contributed by atoms with E-state index in [2.05, 4.69) is 20.2 Å². The number of aryl methyl sites for hydroxylation is 1. The molecule has 8 nitrogen and oxygen atoms in total. The first kappa shape index (κ1) is 18.0. The molecule has 1 aromatic heterocycles. The summed E-state index contributed by atoms with van der Waals surface area (Å²) in [5.74, 6) is 0. The minimum Gasteiger partial charge on any atom is -0.453 e. The van der Waals surface area contributed by atoms with Crippen molar-refractivity contribution < 1.29 is 14.3 Å². The number of likely N-dealkylation sites (tertiary alicyclic amines) is 1. The quantitative estimate of drug-likeness (QED) is 0.799. The largest absolute Gasteiger partial charge is 0.453 e. The number of carbonyl (C=O) groups is 2. The van der Waals surface area contributed by atoms with Crippen LogP contribution in [-0.4, -0.2) is 59.4 Å². The van der Waals surface area contributed by atoms with Crippen LogP contribution in [0.15, 0.2) is 30.6 Å². The number of nitrogens with one attached hydrogen (secondary N) is 2. The Bertz CT molecular complexity index is 752. The van der Waals surface area contributed by atoms with E-state index in [-0.39, 0.29) is 18.2 Å². The fraction of sp³-hybridized carbons (Fsp3) is 0.500. The lowest BCUT2D eigenvalue weighted by Crippen LogP contribution is -2.49. The van der Waals surface area contributed by atoms with E-state index in [1.807, 2.05) is 30.6 Å².